The Labute approximate surface area is 103 Å². The number of hydrogen-bond acceptors (Lipinski definition) is 8. The van der Waals surface area contributed by atoms with Crippen molar-refractivity contribution in [1.29, 1.82) is 0 Å². The number of nitrogen functional groups attached to an aromatic ring is 1. The largest absolute Gasteiger partial charge is 0.379 e. The first-order valence-electron chi connectivity index (χ1n) is 5.96. The molecule has 18 heavy (non-hydrogen) atoms. The minimum atomic E-state index is 0.167. The standard InChI is InChI=1S/C10H14N6O2/c11-9-8(13-18-14-9)10-12-7(17-15-10)6-16-4-2-1-3-5-16/h1-6H2,(H2,11,14). The second-order valence-electron chi connectivity index (χ2n) is 4.35. The van der Waals surface area contributed by atoms with Gasteiger partial charge in [-0.05, 0) is 36.2 Å². The normalized spacial score (nSPS) is 17.1. The molecule has 0 saturated carbocycles. The molecule has 0 aliphatic carbocycles. The van der Waals surface area contributed by atoms with E-state index in [9.17, 15) is 0 Å². The van der Waals surface area contributed by atoms with Crippen LogP contribution in [0.2, 0.25) is 0 Å². The fourth-order valence-electron chi connectivity index (χ4n) is 2.07. The van der Waals surface area contributed by atoms with E-state index in [2.05, 4.69) is 30.0 Å². The third kappa shape index (κ3) is 2.19. The second kappa shape index (κ2) is 4.73. The predicted molar refractivity (Wildman–Crippen MR) is 61.1 cm³/mol. The molecule has 1 saturated heterocycles. The highest BCUT2D eigenvalue weighted by molar-refractivity contribution is 5.61. The van der Waals surface area contributed by atoms with E-state index in [0.717, 1.165) is 13.1 Å². The lowest BCUT2D eigenvalue weighted by Crippen LogP contribution is -2.29. The van der Waals surface area contributed by atoms with Gasteiger partial charge in [0.15, 0.2) is 11.5 Å². The lowest BCUT2D eigenvalue weighted by Gasteiger charge is -2.24. The molecule has 0 unspecified atom stereocenters. The molecule has 0 aromatic carbocycles. The van der Waals surface area contributed by atoms with E-state index in [0.29, 0.717) is 24.0 Å². The highest BCUT2D eigenvalue weighted by Crippen LogP contribution is 2.19. The van der Waals surface area contributed by atoms with Crippen molar-refractivity contribution in [3.8, 4) is 11.5 Å². The molecule has 3 rings (SSSR count). The third-order valence-electron chi connectivity index (χ3n) is 3.00. The van der Waals surface area contributed by atoms with Gasteiger partial charge in [0.2, 0.25) is 11.7 Å². The molecular formula is C10H14N6O2. The van der Waals surface area contributed by atoms with Crippen LogP contribution >= 0.6 is 0 Å². The number of anilines is 1. The van der Waals surface area contributed by atoms with Gasteiger partial charge in [-0.2, -0.15) is 4.98 Å². The number of rotatable bonds is 3. The molecule has 0 atom stereocenters. The van der Waals surface area contributed by atoms with Gasteiger partial charge in [-0.3, -0.25) is 4.90 Å². The number of likely N-dealkylation sites (tertiary alicyclic amines) is 1. The van der Waals surface area contributed by atoms with E-state index in [4.69, 9.17) is 10.3 Å². The summed E-state index contributed by atoms with van der Waals surface area (Å²) >= 11 is 0. The van der Waals surface area contributed by atoms with Gasteiger partial charge in [-0.15, -0.1) is 0 Å². The first-order chi connectivity index (χ1) is 8.83. The smallest absolute Gasteiger partial charge is 0.241 e. The number of nitrogens with two attached hydrogens (primary N) is 1. The van der Waals surface area contributed by atoms with Gasteiger partial charge in [0.25, 0.3) is 0 Å². The fraction of sp³-hybridized carbons (Fsp3) is 0.600. The van der Waals surface area contributed by atoms with Crippen LogP contribution in [0, 0.1) is 0 Å². The first kappa shape index (κ1) is 11.1. The minimum Gasteiger partial charge on any atom is -0.379 e. The van der Waals surface area contributed by atoms with Gasteiger partial charge < -0.3 is 10.3 Å². The maximum atomic E-state index is 5.57. The Balaban J connectivity index is 1.71. The second-order valence-corrected chi connectivity index (χ2v) is 4.35. The minimum absolute atomic E-state index is 0.167. The van der Waals surface area contributed by atoms with Gasteiger partial charge >= 0.3 is 0 Å². The van der Waals surface area contributed by atoms with Crippen LogP contribution in [0.3, 0.4) is 0 Å². The summed E-state index contributed by atoms with van der Waals surface area (Å²) in [6.07, 6.45) is 3.75. The Hall–Kier alpha value is -1.96. The van der Waals surface area contributed by atoms with E-state index in [1.807, 2.05) is 0 Å². The third-order valence-corrected chi connectivity index (χ3v) is 3.00. The van der Waals surface area contributed by atoms with Crippen LogP contribution in [-0.4, -0.2) is 38.4 Å². The number of hydrogen-bond donors (Lipinski definition) is 1. The van der Waals surface area contributed by atoms with Crippen LogP contribution in [0.15, 0.2) is 9.15 Å². The molecule has 2 aromatic heterocycles. The van der Waals surface area contributed by atoms with E-state index in [1.54, 1.807) is 0 Å². The molecule has 96 valence electrons. The monoisotopic (exact) mass is 250 g/mol. The number of nitrogens with zero attached hydrogens (tertiary/aromatic N) is 5. The molecule has 1 aliphatic heterocycles. The zero-order valence-corrected chi connectivity index (χ0v) is 9.87. The maximum Gasteiger partial charge on any atom is 0.241 e. The highest BCUT2D eigenvalue weighted by atomic mass is 16.6. The molecule has 0 spiro atoms. The Morgan fingerprint density at radius 2 is 1.94 bits per heavy atom. The van der Waals surface area contributed by atoms with Gasteiger partial charge in [-0.1, -0.05) is 11.6 Å². The average Bonchev–Trinajstić information content (AvgIpc) is 2.99. The summed E-state index contributed by atoms with van der Waals surface area (Å²) in [7, 11) is 0. The van der Waals surface area contributed by atoms with Gasteiger partial charge in [0, 0.05) is 0 Å². The van der Waals surface area contributed by atoms with Crippen molar-refractivity contribution < 1.29 is 9.15 Å². The van der Waals surface area contributed by atoms with Crippen LogP contribution in [-0.2, 0) is 6.54 Å². The Morgan fingerprint density at radius 1 is 1.11 bits per heavy atom. The Morgan fingerprint density at radius 3 is 2.67 bits per heavy atom. The molecule has 0 bridgehead atoms. The van der Waals surface area contributed by atoms with Crippen molar-refractivity contribution in [3.63, 3.8) is 0 Å². The lowest BCUT2D eigenvalue weighted by molar-refractivity contribution is 0.193. The van der Waals surface area contributed by atoms with E-state index >= 15 is 0 Å². The number of piperidine rings is 1. The summed E-state index contributed by atoms with van der Waals surface area (Å²) in [4.78, 5) is 6.54. The SMILES string of the molecule is Nc1nonc1-c1noc(CN2CCCCC2)n1. The van der Waals surface area contributed by atoms with E-state index in [-0.39, 0.29) is 5.82 Å². The Bertz CT molecular complexity index is 516. The molecule has 0 radical (unpaired) electrons. The maximum absolute atomic E-state index is 5.57. The molecule has 1 aliphatic rings. The summed E-state index contributed by atoms with van der Waals surface area (Å²) in [5, 5.41) is 10.9. The zero-order valence-electron chi connectivity index (χ0n) is 9.87. The van der Waals surface area contributed by atoms with Crippen molar-refractivity contribution in [1.82, 2.24) is 25.4 Å². The van der Waals surface area contributed by atoms with Crippen LogP contribution < -0.4 is 5.73 Å². The van der Waals surface area contributed by atoms with Gasteiger partial charge in [-0.25, -0.2) is 4.63 Å². The van der Waals surface area contributed by atoms with Crippen molar-refractivity contribution in [2.45, 2.75) is 25.8 Å². The summed E-state index contributed by atoms with van der Waals surface area (Å²) in [5.74, 6) is 1.05. The van der Waals surface area contributed by atoms with E-state index in [1.165, 1.54) is 19.3 Å². The summed E-state index contributed by atoms with van der Waals surface area (Å²) in [6, 6.07) is 0. The van der Waals surface area contributed by atoms with Gasteiger partial charge in [0.05, 0.1) is 6.54 Å². The topological polar surface area (TPSA) is 107 Å². The van der Waals surface area contributed by atoms with Crippen LogP contribution in [0.4, 0.5) is 5.82 Å². The quantitative estimate of drug-likeness (QED) is 0.847. The van der Waals surface area contributed by atoms with Crippen LogP contribution in [0.5, 0.6) is 0 Å². The summed E-state index contributed by atoms with van der Waals surface area (Å²) in [5.41, 5.74) is 5.89. The summed E-state index contributed by atoms with van der Waals surface area (Å²) in [6.45, 7) is 2.81. The van der Waals surface area contributed by atoms with E-state index < -0.39 is 0 Å². The molecule has 0 amide bonds. The highest BCUT2D eigenvalue weighted by Gasteiger charge is 2.18. The number of aromatic nitrogens is 4. The van der Waals surface area contributed by atoms with Crippen molar-refractivity contribution in [3.05, 3.63) is 5.89 Å². The molecule has 8 nitrogen and oxygen atoms in total. The first-order valence-corrected chi connectivity index (χ1v) is 5.96. The zero-order chi connectivity index (χ0) is 12.4. The Kier molecular flexibility index (Phi) is 2.93. The molecule has 1 fully saturated rings. The molecule has 8 heteroatoms. The molecular weight excluding hydrogens is 236 g/mol. The van der Waals surface area contributed by atoms with Crippen molar-refractivity contribution >= 4 is 5.82 Å². The molecule has 2 aromatic rings. The molecule has 2 N–H and O–H groups in total. The molecule has 3 heterocycles. The summed E-state index contributed by atoms with van der Waals surface area (Å²) < 4.78 is 9.68. The van der Waals surface area contributed by atoms with Crippen molar-refractivity contribution in [2.75, 3.05) is 18.8 Å². The lowest BCUT2D eigenvalue weighted by atomic mass is 10.1. The van der Waals surface area contributed by atoms with Crippen LogP contribution in [0.1, 0.15) is 25.2 Å². The average molecular weight is 250 g/mol. The fourth-order valence-corrected chi connectivity index (χ4v) is 2.07. The predicted octanol–water partition coefficient (Wildman–Crippen LogP) is 0.688. The van der Waals surface area contributed by atoms with Gasteiger partial charge in [0.1, 0.15) is 0 Å². The van der Waals surface area contributed by atoms with Crippen LogP contribution in [0.25, 0.3) is 11.5 Å². The van der Waals surface area contributed by atoms with Crippen molar-refractivity contribution in [2.24, 2.45) is 0 Å².